The number of anilines is 1. The molecule has 0 aromatic heterocycles. The van der Waals surface area contributed by atoms with E-state index in [2.05, 4.69) is 0 Å². The second kappa shape index (κ2) is 6.22. The molecule has 2 N–H and O–H groups in total. The van der Waals surface area contributed by atoms with E-state index in [9.17, 15) is 9.18 Å². The Labute approximate surface area is 118 Å². The van der Waals surface area contributed by atoms with Gasteiger partial charge in [0.1, 0.15) is 0 Å². The third-order valence-electron chi connectivity index (χ3n) is 3.92. The van der Waals surface area contributed by atoms with Gasteiger partial charge in [-0.2, -0.15) is 0 Å². The minimum atomic E-state index is -0.468. The summed E-state index contributed by atoms with van der Waals surface area (Å²) < 4.78 is 18.6. The molecule has 1 aliphatic carbocycles. The fourth-order valence-corrected chi connectivity index (χ4v) is 2.72. The SMILES string of the molecule is COc1ccc(N(C)C(=O)C2CCCC(N)C2)cc1F. The van der Waals surface area contributed by atoms with Crippen LogP contribution < -0.4 is 15.4 Å². The van der Waals surface area contributed by atoms with Crippen molar-refractivity contribution in [3.05, 3.63) is 24.0 Å². The average molecular weight is 280 g/mol. The number of hydrogen-bond donors (Lipinski definition) is 1. The second-order valence-corrected chi connectivity index (χ2v) is 5.34. The molecule has 0 spiro atoms. The van der Waals surface area contributed by atoms with Crippen molar-refractivity contribution in [2.24, 2.45) is 11.7 Å². The number of ether oxygens (including phenoxy) is 1. The first-order chi connectivity index (χ1) is 9.52. The molecule has 1 aromatic rings. The average Bonchev–Trinajstić information content (AvgIpc) is 2.45. The molecule has 5 heteroatoms. The molecule has 0 bridgehead atoms. The Balaban J connectivity index is 2.11. The monoisotopic (exact) mass is 280 g/mol. The van der Waals surface area contributed by atoms with E-state index in [1.165, 1.54) is 24.1 Å². The van der Waals surface area contributed by atoms with Crippen molar-refractivity contribution < 1.29 is 13.9 Å². The van der Waals surface area contributed by atoms with E-state index < -0.39 is 5.82 Å². The normalized spacial score (nSPS) is 22.4. The largest absolute Gasteiger partial charge is 0.494 e. The third-order valence-corrected chi connectivity index (χ3v) is 3.92. The number of hydrogen-bond acceptors (Lipinski definition) is 3. The maximum Gasteiger partial charge on any atom is 0.229 e. The van der Waals surface area contributed by atoms with Crippen LogP contribution in [0.15, 0.2) is 18.2 Å². The molecule has 20 heavy (non-hydrogen) atoms. The van der Waals surface area contributed by atoms with Gasteiger partial charge < -0.3 is 15.4 Å². The highest BCUT2D eigenvalue weighted by molar-refractivity contribution is 5.94. The van der Waals surface area contributed by atoms with Gasteiger partial charge in [-0.05, 0) is 31.4 Å². The summed E-state index contributed by atoms with van der Waals surface area (Å²) in [5.74, 6) is -0.349. The molecule has 1 aromatic carbocycles. The van der Waals surface area contributed by atoms with Crippen molar-refractivity contribution in [3.63, 3.8) is 0 Å². The van der Waals surface area contributed by atoms with Crippen LogP contribution in [0.2, 0.25) is 0 Å². The van der Waals surface area contributed by atoms with Crippen molar-refractivity contribution in [3.8, 4) is 5.75 Å². The molecule has 2 unspecified atom stereocenters. The number of nitrogens with zero attached hydrogens (tertiary/aromatic N) is 1. The fraction of sp³-hybridized carbons (Fsp3) is 0.533. The summed E-state index contributed by atoms with van der Waals surface area (Å²) in [7, 11) is 3.08. The Hall–Kier alpha value is -1.62. The van der Waals surface area contributed by atoms with Gasteiger partial charge in [-0.1, -0.05) is 6.42 Å². The van der Waals surface area contributed by atoms with Gasteiger partial charge in [-0.25, -0.2) is 4.39 Å². The van der Waals surface area contributed by atoms with Gasteiger partial charge in [-0.15, -0.1) is 0 Å². The molecule has 0 radical (unpaired) electrons. The van der Waals surface area contributed by atoms with Crippen molar-refractivity contribution >= 4 is 11.6 Å². The number of amides is 1. The highest BCUT2D eigenvalue weighted by Gasteiger charge is 2.28. The van der Waals surface area contributed by atoms with Crippen LogP contribution in [0, 0.1) is 11.7 Å². The predicted molar refractivity (Wildman–Crippen MR) is 76.3 cm³/mol. The molecule has 1 saturated carbocycles. The van der Waals surface area contributed by atoms with Gasteiger partial charge in [0.25, 0.3) is 0 Å². The van der Waals surface area contributed by atoms with E-state index >= 15 is 0 Å². The number of carbonyl (C=O) groups excluding carboxylic acids is 1. The van der Waals surface area contributed by atoms with Crippen LogP contribution in [0.5, 0.6) is 5.75 Å². The Morgan fingerprint density at radius 1 is 1.45 bits per heavy atom. The molecule has 0 saturated heterocycles. The first-order valence-corrected chi connectivity index (χ1v) is 6.89. The lowest BCUT2D eigenvalue weighted by atomic mass is 9.85. The van der Waals surface area contributed by atoms with Gasteiger partial charge in [-0.3, -0.25) is 4.79 Å². The van der Waals surface area contributed by atoms with Gasteiger partial charge >= 0.3 is 0 Å². The number of rotatable bonds is 3. The molecule has 2 rings (SSSR count). The molecule has 2 atom stereocenters. The van der Waals surface area contributed by atoms with Gasteiger partial charge in [0.15, 0.2) is 11.6 Å². The number of carbonyl (C=O) groups is 1. The number of benzene rings is 1. The topological polar surface area (TPSA) is 55.6 Å². The van der Waals surface area contributed by atoms with E-state index in [0.29, 0.717) is 12.1 Å². The molecule has 110 valence electrons. The fourth-order valence-electron chi connectivity index (χ4n) is 2.72. The molecular formula is C15H21FN2O2. The number of halogens is 1. The molecule has 1 fully saturated rings. The molecule has 1 aliphatic rings. The molecular weight excluding hydrogens is 259 g/mol. The van der Waals surface area contributed by atoms with E-state index in [0.717, 1.165) is 19.3 Å². The van der Waals surface area contributed by atoms with Crippen LogP contribution in [0.1, 0.15) is 25.7 Å². The van der Waals surface area contributed by atoms with Gasteiger partial charge in [0.05, 0.1) is 7.11 Å². The van der Waals surface area contributed by atoms with Crippen LogP contribution >= 0.6 is 0 Å². The number of nitrogens with two attached hydrogens (primary N) is 1. The minimum absolute atomic E-state index is 0.00437. The standard InChI is InChI=1S/C15H21FN2O2/c1-18(12-6-7-14(20-2)13(16)9-12)15(19)10-4-3-5-11(17)8-10/h6-7,9-11H,3-5,8,17H2,1-2H3. The molecule has 4 nitrogen and oxygen atoms in total. The lowest BCUT2D eigenvalue weighted by Crippen LogP contribution is -2.38. The van der Waals surface area contributed by atoms with Gasteiger partial charge in [0.2, 0.25) is 5.91 Å². The summed E-state index contributed by atoms with van der Waals surface area (Å²) in [5.41, 5.74) is 6.45. The Kier molecular flexibility index (Phi) is 4.60. The third kappa shape index (κ3) is 3.10. The van der Waals surface area contributed by atoms with Crippen LogP contribution in [0.25, 0.3) is 0 Å². The predicted octanol–water partition coefficient (Wildman–Crippen LogP) is 2.31. The summed E-state index contributed by atoms with van der Waals surface area (Å²) in [6.45, 7) is 0. The summed E-state index contributed by atoms with van der Waals surface area (Å²) in [6.07, 6.45) is 3.52. The Bertz CT molecular complexity index is 493. The molecule has 0 heterocycles. The zero-order chi connectivity index (χ0) is 14.7. The second-order valence-electron chi connectivity index (χ2n) is 5.34. The number of methoxy groups -OCH3 is 1. The maximum absolute atomic E-state index is 13.7. The van der Waals surface area contributed by atoms with E-state index in [-0.39, 0.29) is 23.6 Å². The highest BCUT2D eigenvalue weighted by atomic mass is 19.1. The van der Waals surface area contributed by atoms with E-state index in [1.54, 1.807) is 13.1 Å². The minimum Gasteiger partial charge on any atom is -0.494 e. The summed E-state index contributed by atoms with van der Waals surface area (Å²) in [4.78, 5) is 13.9. The lowest BCUT2D eigenvalue weighted by molar-refractivity contribution is -0.123. The highest BCUT2D eigenvalue weighted by Crippen LogP contribution is 2.28. The summed E-state index contributed by atoms with van der Waals surface area (Å²) in [6, 6.07) is 4.63. The molecule has 1 amide bonds. The smallest absolute Gasteiger partial charge is 0.229 e. The van der Waals surface area contributed by atoms with Crippen LogP contribution in [-0.2, 0) is 4.79 Å². The van der Waals surface area contributed by atoms with Crippen LogP contribution in [0.3, 0.4) is 0 Å². The van der Waals surface area contributed by atoms with Crippen molar-refractivity contribution in [1.82, 2.24) is 0 Å². The first-order valence-electron chi connectivity index (χ1n) is 6.89. The maximum atomic E-state index is 13.7. The Morgan fingerprint density at radius 3 is 2.80 bits per heavy atom. The van der Waals surface area contributed by atoms with E-state index in [1.807, 2.05) is 0 Å². The van der Waals surface area contributed by atoms with Crippen LogP contribution in [0.4, 0.5) is 10.1 Å². The first kappa shape index (κ1) is 14.8. The van der Waals surface area contributed by atoms with Gasteiger partial charge in [0, 0.05) is 30.8 Å². The zero-order valence-electron chi connectivity index (χ0n) is 11.9. The van der Waals surface area contributed by atoms with Crippen molar-refractivity contribution in [2.75, 3.05) is 19.1 Å². The summed E-state index contributed by atoms with van der Waals surface area (Å²) >= 11 is 0. The summed E-state index contributed by atoms with van der Waals surface area (Å²) in [5, 5.41) is 0. The molecule has 0 aliphatic heterocycles. The van der Waals surface area contributed by atoms with Crippen molar-refractivity contribution in [2.45, 2.75) is 31.7 Å². The lowest BCUT2D eigenvalue weighted by Gasteiger charge is -2.29. The quantitative estimate of drug-likeness (QED) is 0.924. The zero-order valence-corrected chi connectivity index (χ0v) is 11.9. The van der Waals surface area contributed by atoms with E-state index in [4.69, 9.17) is 10.5 Å². The van der Waals surface area contributed by atoms with Crippen molar-refractivity contribution in [1.29, 1.82) is 0 Å². The Morgan fingerprint density at radius 2 is 2.20 bits per heavy atom. The van der Waals surface area contributed by atoms with Crippen LogP contribution in [-0.4, -0.2) is 26.1 Å².